The zero-order valence-electron chi connectivity index (χ0n) is 18.4. The Bertz CT molecular complexity index is 1220. The van der Waals surface area contributed by atoms with Crippen LogP contribution in [0.5, 0.6) is 0 Å². The molecule has 1 atom stereocenters. The lowest BCUT2D eigenvalue weighted by Gasteiger charge is -2.32. The molecule has 1 unspecified atom stereocenters. The summed E-state index contributed by atoms with van der Waals surface area (Å²) in [6, 6.07) is 16.7. The number of anilines is 1. The largest absolute Gasteiger partial charge is 0.366 e. The first kappa shape index (κ1) is 21.8. The fourth-order valence-corrected chi connectivity index (χ4v) is 4.70. The van der Waals surface area contributed by atoms with Crippen molar-refractivity contribution >= 4 is 33.5 Å². The van der Waals surface area contributed by atoms with Gasteiger partial charge in [0.1, 0.15) is 5.82 Å². The summed E-state index contributed by atoms with van der Waals surface area (Å²) in [4.78, 5) is 11.7. The van der Waals surface area contributed by atoms with Crippen LogP contribution in [-0.2, 0) is 6.54 Å². The van der Waals surface area contributed by atoms with Crippen molar-refractivity contribution in [3.8, 4) is 0 Å². The molecule has 1 aliphatic heterocycles. The summed E-state index contributed by atoms with van der Waals surface area (Å²) in [5.74, 6) is 1.35. The minimum Gasteiger partial charge on any atom is -0.366 e. The highest BCUT2D eigenvalue weighted by Gasteiger charge is 2.23. The Morgan fingerprint density at radius 3 is 2.88 bits per heavy atom. The highest BCUT2D eigenvalue weighted by atomic mass is 79.9. The number of hydrogen-bond acceptors (Lipinski definition) is 5. The van der Waals surface area contributed by atoms with Gasteiger partial charge in [0.05, 0.1) is 16.4 Å². The van der Waals surface area contributed by atoms with Crippen LogP contribution < -0.4 is 5.32 Å². The van der Waals surface area contributed by atoms with Crippen molar-refractivity contribution in [3.05, 3.63) is 94.5 Å². The summed E-state index contributed by atoms with van der Waals surface area (Å²) in [5.41, 5.74) is 4.34. The summed E-state index contributed by atoms with van der Waals surface area (Å²) in [7, 11) is 0. The highest BCUT2D eigenvalue weighted by Crippen LogP contribution is 2.29. The minimum atomic E-state index is 0.398. The van der Waals surface area contributed by atoms with Crippen LogP contribution in [0.3, 0.4) is 0 Å². The highest BCUT2D eigenvalue weighted by molar-refractivity contribution is 9.10. The molecule has 0 spiro atoms. The lowest BCUT2D eigenvalue weighted by atomic mass is 9.94. The molecule has 0 radical (unpaired) electrons. The van der Waals surface area contributed by atoms with Crippen molar-refractivity contribution in [3.63, 3.8) is 0 Å². The van der Waals surface area contributed by atoms with E-state index in [1.807, 2.05) is 23.0 Å². The second-order valence-electron chi connectivity index (χ2n) is 8.42. The molecular weight excluding hydrogens is 476 g/mol. The van der Waals surface area contributed by atoms with Crippen molar-refractivity contribution in [2.24, 2.45) is 0 Å². The van der Waals surface area contributed by atoms with E-state index in [1.54, 1.807) is 6.20 Å². The first-order chi connectivity index (χ1) is 16.3. The van der Waals surface area contributed by atoms with E-state index in [9.17, 15) is 0 Å². The van der Waals surface area contributed by atoms with E-state index in [4.69, 9.17) is 4.98 Å². The van der Waals surface area contributed by atoms with E-state index < -0.39 is 0 Å². The molecule has 0 bridgehead atoms. The lowest BCUT2D eigenvalue weighted by molar-refractivity contribution is 0.226. The zero-order valence-corrected chi connectivity index (χ0v) is 20.0. The molecule has 1 aromatic carbocycles. The number of halogens is 1. The van der Waals surface area contributed by atoms with Crippen molar-refractivity contribution in [2.45, 2.75) is 25.3 Å². The van der Waals surface area contributed by atoms with Gasteiger partial charge in [-0.05, 0) is 52.5 Å². The molecule has 4 aromatic rings. The van der Waals surface area contributed by atoms with Crippen LogP contribution in [0.1, 0.15) is 35.6 Å². The number of hydrogen-bond donors (Lipinski definition) is 1. The molecule has 0 aliphatic carbocycles. The van der Waals surface area contributed by atoms with Crippen molar-refractivity contribution in [1.82, 2.24) is 24.5 Å². The SMILES string of the molecule is Brc1cnn2c(NCc3cccnc3)cc(C3CCCN(C/C=C/c4ccccc4)C3)nc12. The normalized spacial score (nSPS) is 17.1. The van der Waals surface area contributed by atoms with Gasteiger partial charge in [-0.2, -0.15) is 9.61 Å². The number of likely N-dealkylation sites (tertiary alicyclic amines) is 1. The average molecular weight is 503 g/mol. The Kier molecular flexibility index (Phi) is 6.79. The summed E-state index contributed by atoms with van der Waals surface area (Å²) < 4.78 is 2.78. The van der Waals surface area contributed by atoms with Crippen LogP contribution in [0, 0.1) is 0 Å². The Balaban J connectivity index is 1.32. The van der Waals surface area contributed by atoms with Crippen LogP contribution in [0.2, 0.25) is 0 Å². The molecule has 33 heavy (non-hydrogen) atoms. The van der Waals surface area contributed by atoms with Gasteiger partial charge in [-0.25, -0.2) is 4.98 Å². The standard InChI is InChI=1S/C26H27BrN6/c27-23-18-30-33-25(29-17-21-9-4-12-28-16-21)15-24(31-26(23)33)22-11-6-14-32(19-22)13-5-10-20-7-2-1-3-8-20/h1-5,7-10,12,15-16,18,22,29H,6,11,13-14,17,19H2/b10-5+. The van der Waals surface area contributed by atoms with Crippen molar-refractivity contribution in [2.75, 3.05) is 25.0 Å². The maximum Gasteiger partial charge on any atom is 0.171 e. The van der Waals surface area contributed by atoms with Crippen LogP contribution in [0.15, 0.2) is 77.7 Å². The van der Waals surface area contributed by atoms with Gasteiger partial charge in [0.25, 0.3) is 0 Å². The molecular formula is C26H27BrN6. The van der Waals surface area contributed by atoms with Crippen LogP contribution in [0.4, 0.5) is 5.82 Å². The number of pyridine rings is 1. The molecule has 4 heterocycles. The second-order valence-corrected chi connectivity index (χ2v) is 9.28. The molecule has 6 nitrogen and oxygen atoms in total. The quantitative estimate of drug-likeness (QED) is 0.367. The third kappa shape index (κ3) is 5.31. The summed E-state index contributed by atoms with van der Waals surface area (Å²) in [6.45, 7) is 3.78. The van der Waals surface area contributed by atoms with E-state index in [0.29, 0.717) is 12.5 Å². The Morgan fingerprint density at radius 1 is 1.12 bits per heavy atom. The van der Waals surface area contributed by atoms with E-state index in [1.165, 1.54) is 12.0 Å². The maximum absolute atomic E-state index is 4.99. The fourth-order valence-electron chi connectivity index (χ4n) is 4.35. The number of benzene rings is 1. The predicted molar refractivity (Wildman–Crippen MR) is 136 cm³/mol. The number of piperidine rings is 1. The topological polar surface area (TPSA) is 58.4 Å². The molecule has 7 heteroatoms. The van der Waals surface area contributed by atoms with Gasteiger partial charge in [-0.15, -0.1) is 0 Å². The number of nitrogens with one attached hydrogen (secondary N) is 1. The molecule has 0 saturated carbocycles. The Hall–Kier alpha value is -3.03. The van der Waals surface area contributed by atoms with E-state index in [-0.39, 0.29) is 0 Å². The average Bonchev–Trinajstić information content (AvgIpc) is 3.25. The monoisotopic (exact) mass is 502 g/mol. The van der Waals surface area contributed by atoms with Gasteiger partial charge in [0.15, 0.2) is 5.65 Å². The first-order valence-corrected chi connectivity index (χ1v) is 12.2. The Labute approximate surface area is 202 Å². The number of rotatable bonds is 7. The van der Waals surface area contributed by atoms with Gasteiger partial charge in [0.2, 0.25) is 0 Å². The zero-order chi connectivity index (χ0) is 22.5. The fraction of sp³-hybridized carbons (Fsp3) is 0.269. The number of nitrogens with zero attached hydrogens (tertiary/aromatic N) is 5. The van der Waals surface area contributed by atoms with Gasteiger partial charge in [-0.1, -0.05) is 48.6 Å². The summed E-state index contributed by atoms with van der Waals surface area (Å²) in [5, 5.41) is 8.05. The van der Waals surface area contributed by atoms with Crippen LogP contribution in [-0.4, -0.2) is 44.1 Å². The first-order valence-electron chi connectivity index (χ1n) is 11.4. The van der Waals surface area contributed by atoms with E-state index in [0.717, 1.165) is 53.3 Å². The van der Waals surface area contributed by atoms with Gasteiger partial charge >= 0.3 is 0 Å². The molecule has 0 amide bonds. The summed E-state index contributed by atoms with van der Waals surface area (Å²) in [6.07, 6.45) is 12.3. The lowest BCUT2D eigenvalue weighted by Crippen LogP contribution is -2.34. The smallest absolute Gasteiger partial charge is 0.171 e. The molecule has 1 N–H and O–H groups in total. The molecule has 3 aromatic heterocycles. The molecule has 5 rings (SSSR count). The van der Waals surface area contributed by atoms with E-state index >= 15 is 0 Å². The maximum atomic E-state index is 4.99. The van der Waals surface area contributed by atoms with Crippen LogP contribution >= 0.6 is 15.9 Å². The van der Waals surface area contributed by atoms with Gasteiger partial charge < -0.3 is 5.32 Å². The van der Waals surface area contributed by atoms with Crippen molar-refractivity contribution < 1.29 is 0 Å². The van der Waals surface area contributed by atoms with Gasteiger partial charge in [-0.3, -0.25) is 9.88 Å². The minimum absolute atomic E-state index is 0.398. The Morgan fingerprint density at radius 2 is 2.03 bits per heavy atom. The van der Waals surface area contributed by atoms with Gasteiger partial charge in [0, 0.05) is 44.0 Å². The van der Waals surface area contributed by atoms with Crippen LogP contribution in [0.25, 0.3) is 11.7 Å². The second kappa shape index (κ2) is 10.3. The van der Waals surface area contributed by atoms with E-state index in [2.05, 4.69) is 90.8 Å². The third-order valence-corrected chi connectivity index (χ3v) is 6.60. The molecule has 168 valence electrons. The molecule has 1 saturated heterocycles. The summed E-state index contributed by atoms with van der Waals surface area (Å²) >= 11 is 3.62. The number of fused-ring (bicyclic) bond motifs is 1. The third-order valence-electron chi connectivity index (χ3n) is 6.04. The molecule has 1 fully saturated rings. The molecule has 1 aliphatic rings. The predicted octanol–water partition coefficient (Wildman–Crippen LogP) is 5.39. The van der Waals surface area contributed by atoms with Crippen molar-refractivity contribution in [1.29, 1.82) is 0 Å². The number of aromatic nitrogens is 4.